The van der Waals surface area contributed by atoms with Crippen LogP contribution in [0.15, 0.2) is 32.5 Å². The first-order valence-electron chi connectivity index (χ1n) is 7.72. The van der Waals surface area contributed by atoms with E-state index in [1.807, 2.05) is 0 Å². The smallest absolute Gasteiger partial charge is 0.260 e. The van der Waals surface area contributed by atoms with Gasteiger partial charge in [-0.1, -0.05) is 5.16 Å². The number of aromatic nitrogens is 2. The van der Waals surface area contributed by atoms with Crippen molar-refractivity contribution in [3.63, 3.8) is 0 Å². The lowest BCUT2D eigenvalue weighted by molar-refractivity contribution is 0.0696. The van der Waals surface area contributed by atoms with Gasteiger partial charge in [-0.25, -0.2) is 8.42 Å². The molecule has 25 heavy (non-hydrogen) atoms. The van der Waals surface area contributed by atoms with Gasteiger partial charge in [0.1, 0.15) is 16.2 Å². The fourth-order valence-corrected chi connectivity index (χ4v) is 4.58. The first-order chi connectivity index (χ1) is 11.8. The number of piperazine rings is 1. The van der Waals surface area contributed by atoms with Crippen LogP contribution in [0.25, 0.3) is 0 Å². The molecule has 9 nitrogen and oxygen atoms in total. The zero-order valence-electron chi connectivity index (χ0n) is 13.9. The number of carbonyl (C=O) groups is 1. The predicted octanol–water partition coefficient (Wildman–Crippen LogP) is 0.126. The second-order valence-corrected chi connectivity index (χ2v) is 7.64. The second kappa shape index (κ2) is 6.45. The lowest BCUT2D eigenvalue weighted by Gasteiger charge is -2.33. The Bertz CT molecular complexity index is 935. The molecule has 0 spiro atoms. The summed E-state index contributed by atoms with van der Waals surface area (Å²) in [6.07, 6.45) is 1.45. The van der Waals surface area contributed by atoms with Crippen LogP contribution in [-0.4, -0.2) is 59.8 Å². The van der Waals surface area contributed by atoms with E-state index in [2.05, 4.69) is 10.1 Å². The van der Waals surface area contributed by atoms with Crippen molar-refractivity contribution in [3.05, 3.63) is 45.7 Å². The van der Waals surface area contributed by atoms with E-state index >= 15 is 0 Å². The highest BCUT2D eigenvalue weighted by Gasteiger charge is 2.34. The van der Waals surface area contributed by atoms with Crippen molar-refractivity contribution >= 4 is 15.9 Å². The van der Waals surface area contributed by atoms with Crippen molar-refractivity contribution in [2.75, 3.05) is 26.2 Å². The van der Waals surface area contributed by atoms with E-state index in [-0.39, 0.29) is 42.4 Å². The molecule has 3 rings (SSSR count). The summed E-state index contributed by atoms with van der Waals surface area (Å²) in [5, 5.41) is 3.69. The third-order valence-corrected chi connectivity index (χ3v) is 6.28. The number of H-pyrrole nitrogens is 1. The summed E-state index contributed by atoms with van der Waals surface area (Å²) >= 11 is 0. The van der Waals surface area contributed by atoms with Gasteiger partial charge in [0.2, 0.25) is 10.0 Å². The fraction of sp³-hybridized carbons (Fsp3) is 0.400. The molecule has 1 aliphatic rings. The van der Waals surface area contributed by atoms with Crippen LogP contribution in [0.4, 0.5) is 0 Å². The topological polar surface area (TPSA) is 117 Å². The normalized spacial score (nSPS) is 16.2. The predicted molar refractivity (Wildman–Crippen MR) is 87.7 cm³/mol. The average Bonchev–Trinajstić information content (AvgIpc) is 2.94. The van der Waals surface area contributed by atoms with E-state index in [0.717, 1.165) is 0 Å². The number of amides is 1. The molecule has 1 saturated heterocycles. The van der Waals surface area contributed by atoms with Crippen molar-refractivity contribution in [2.45, 2.75) is 18.7 Å². The number of hydrogen-bond donors (Lipinski definition) is 1. The van der Waals surface area contributed by atoms with E-state index in [4.69, 9.17) is 4.52 Å². The maximum atomic E-state index is 12.8. The number of sulfonamides is 1. The Kier molecular flexibility index (Phi) is 4.48. The van der Waals surface area contributed by atoms with Crippen molar-refractivity contribution in [3.8, 4) is 0 Å². The molecule has 1 N–H and O–H groups in total. The Balaban J connectivity index is 1.75. The van der Waals surface area contributed by atoms with Gasteiger partial charge in [-0.05, 0) is 26.0 Å². The van der Waals surface area contributed by atoms with Crippen molar-refractivity contribution in [1.29, 1.82) is 0 Å². The van der Waals surface area contributed by atoms with Crippen LogP contribution < -0.4 is 5.56 Å². The first-order valence-corrected chi connectivity index (χ1v) is 9.16. The lowest BCUT2D eigenvalue weighted by atomic mass is 10.2. The molecule has 134 valence electrons. The molecule has 0 radical (unpaired) electrons. The molecule has 2 aromatic rings. The van der Waals surface area contributed by atoms with Crippen LogP contribution >= 0.6 is 0 Å². The molecule has 1 fully saturated rings. The molecule has 1 aliphatic heterocycles. The van der Waals surface area contributed by atoms with E-state index in [9.17, 15) is 18.0 Å². The number of hydrogen-bond acceptors (Lipinski definition) is 6. The highest BCUT2D eigenvalue weighted by molar-refractivity contribution is 7.89. The molecule has 10 heteroatoms. The van der Waals surface area contributed by atoms with Crippen molar-refractivity contribution in [2.24, 2.45) is 0 Å². The van der Waals surface area contributed by atoms with Gasteiger partial charge < -0.3 is 14.4 Å². The molecule has 0 aliphatic carbocycles. The van der Waals surface area contributed by atoms with Gasteiger partial charge in [-0.3, -0.25) is 9.59 Å². The summed E-state index contributed by atoms with van der Waals surface area (Å²) in [5.41, 5.74) is -0.102. The van der Waals surface area contributed by atoms with E-state index < -0.39 is 21.5 Å². The largest absolute Gasteiger partial charge is 0.360 e. The molecular weight excluding hydrogens is 348 g/mol. The highest BCUT2D eigenvalue weighted by atomic mass is 32.2. The number of aryl methyl sites for hydroxylation is 2. The molecule has 0 unspecified atom stereocenters. The summed E-state index contributed by atoms with van der Waals surface area (Å²) in [6, 6.07) is 3.03. The zero-order valence-corrected chi connectivity index (χ0v) is 14.7. The number of rotatable bonds is 3. The Hall–Kier alpha value is -2.46. The highest BCUT2D eigenvalue weighted by Crippen LogP contribution is 2.24. The molecule has 0 bridgehead atoms. The summed E-state index contributed by atoms with van der Waals surface area (Å²) in [5.74, 6) is -0.164. The summed E-state index contributed by atoms with van der Waals surface area (Å²) in [7, 11) is -3.73. The first kappa shape index (κ1) is 17.4. The van der Waals surface area contributed by atoms with Crippen molar-refractivity contribution < 1.29 is 17.7 Å². The number of aromatic amines is 1. The fourth-order valence-electron chi connectivity index (χ4n) is 2.86. The lowest BCUT2D eigenvalue weighted by Crippen LogP contribution is -2.51. The van der Waals surface area contributed by atoms with Gasteiger partial charge in [0.25, 0.3) is 11.5 Å². The summed E-state index contributed by atoms with van der Waals surface area (Å²) in [4.78, 5) is 28.2. The third-order valence-electron chi connectivity index (χ3n) is 4.14. The third kappa shape index (κ3) is 3.10. The number of pyridine rings is 1. The molecule has 0 atom stereocenters. The Morgan fingerprint density at radius 2 is 1.92 bits per heavy atom. The summed E-state index contributed by atoms with van der Waals surface area (Å²) < 4.78 is 31.8. The zero-order chi connectivity index (χ0) is 18.2. The maximum Gasteiger partial charge on any atom is 0.260 e. The van der Waals surface area contributed by atoms with E-state index in [0.29, 0.717) is 5.69 Å². The minimum Gasteiger partial charge on any atom is -0.360 e. The van der Waals surface area contributed by atoms with Crippen molar-refractivity contribution in [1.82, 2.24) is 19.3 Å². The van der Waals surface area contributed by atoms with E-state index in [1.165, 1.54) is 21.5 Å². The molecule has 0 aromatic carbocycles. The monoisotopic (exact) mass is 366 g/mol. The standard InChI is InChI=1S/C15H18N4O5S/c1-10-13(11(2)24-17-10)25(22,23)19-8-6-18(7-9-19)15(21)12-4-3-5-16-14(12)20/h3-5H,6-9H2,1-2H3,(H,16,20). The second-order valence-electron chi connectivity index (χ2n) is 5.76. The number of carbonyl (C=O) groups excluding carboxylic acids is 1. The molecule has 0 saturated carbocycles. The number of nitrogens with zero attached hydrogens (tertiary/aromatic N) is 3. The Morgan fingerprint density at radius 1 is 1.24 bits per heavy atom. The van der Waals surface area contributed by atoms with E-state index in [1.54, 1.807) is 19.9 Å². The van der Waals surface area contributed by atoms with Crippen LogP contribution in [0, 0.1) is 13.8 Å². The maximum absolute atomic E-state index is 12.8. The van der Waals surface area contributed by atoms with Gasteiger partial charge in [-0.15, -0.1) is 0 Å². The van der Waals surface area contributed by atoms with Gasteiger partial charge in [0.05, 0.1) is 0 Å². The summed E-state index contributed by atoms with van der Waals surface area (Å²) in [6.45, 7) is 3.82. The van der Waals surface area contributed by atoms with Gasteiger partial charge in [-0.2, -0.15) is 4.31 Å². The molecule has 2 aromatic heterocycles. The van der Waals surface area contributed by atoms with Gasteiger partial charge >= 0.3 is 0 Å². The molecule has 3 heterocycles. The van der Waals surface area contributed by atoms with Crippen LogP contribution in [0.5, 0.6) is 0 Å². The number of nitrogens with one attached hydrogen (secondary N) is 1. The Labute approximate surface area is 144 Å². The van der Waals surface area contributed by atoms with Crippen LogP contribution in [0.2, 0.25) is 0 Å². The minimum absolute atomic E-state index is 0.0459. The van der Waals surface area contributed by atoms with Crippen LogP contribution in [-0.2, 0) is 10.0 Å². The Morgan fingerprint density at radius 3 is 2.48 bits per heavy atom. The SMILES string of the molecule is Cc1noc(C)c1S(=O)(=O)N1CCN(C(=O)c2ccc[nH]c2=O)CC1. The molecular formula is C15H18N4O5S. The minimum atomic E-state index is -3.73. The molecule has 1 amide bonds. The quantitative estimate of drug-likeness (QED) is 0.825. The van der Waals surface area contributed by atoms with Gasteiger partial charge in [0, 0.05) is 32.4 Å². The van der Waals surface area contributed by atoms with Crippen LogP contribution in [0.1, 0.15) is 21.8 Å². The van der Waals surface area contributed by atoms with Crippen LogP contribution in [0.3, 0.4) is 0 Å². The van der Waals surface area contributed by atoms with Gasteiger partial charge in [0.15, 0.2) is 5.76 Å². The average molecular weight is 366 g/mol.